The second kappa shape index (κ2) is 9.78. The van der Waals surface area contributed by atoms with Gasteiger partial charge in [-0.1, -0.05) is 12.1 Å². The van der Waals surface area contributed by atoms with Crippen molar-refractivity contribution >= 4 is 30.0 Å². The lowest BCUT2D eigenvalue weighted by molar-refractivity contribution is 0.318. The van der Waals surface area contributed by atoms with Crippen molar-refractivity contribution in [1.82, 2.24) is 4.98 Å². The summed E-state index contributed by atoms with van der Waals surface area (Å²) in [6.07, 6.45) is 5.25. The number of phenols is 1. The van der Waals surface area contributed by atoms with Crippen molar-refractivity contribution < 1.29 is 9.84 Å². The van der Waals surface area contributed by atoms with E-state index < -0.39 is 0 Å². The summed E-state index contributed by atoms with van der Waals surface area (Å²) < 4.78 is 5.54. The predicted octanol–water partition coefficient (Wildman–Crippen LogP) is 3.81. The molecule has 0 spiro atoms. The number of rotatable bonds is 8. The fourth-order valence-corrected chi connectivity index (χ4v) is 3.37. The first-order valence-electron chi connectivity index (χ1n) is 8.44. The molecule has 0 amide bonds. The zero-order valence-corrected chi connectivity index (χ0v) is 16.6. The number of ether oxygens (including phenoxy) is 1. The summed E-state index contributed by atoms with van der Waals surface area (Å²) in [6, 6.07) is 5.21. The highest BCUT2D eigenvalue weighted by atomic mass is 32.2. The van der Waals surface area contributed by atoms with Crippen LogP contribution in [-0.4, -0.2) is 49.0 Å². The smallest absolute Gasteiger partial charge is 0.161 e. The highest BCUT2D eigenvalue weighted by Crippen LogP contribution is 2.38. The number of thioether (sulfide) groups is 1. The van der Waals surface area contributed by atoms with Crippen LogP contribution < -0.4 is 10.5 Å². The number of nitrogen functional groups attached to an aromatic ring is 1. The summed E-state index contributed by atoms with van der Waals surface area (Å²) in [7, 11) is 3.39. The summed E-state index contributed by atoms with van der Waals surface area (Å²) in [6.45, 7) is 6.08. The van der Waals surface area contributed by atoms with Crippen molar-refractivity contribution in [1.29, 1.82) is 0 Å². The first-order chi connectivity index (χ1) is 13.1. The van der Waals surface area contributed by atoms with E-state index in [4.69, 9.17) is 10.5 Å². The van der Waals surface area contributed by atoms with E-state index >= 15 is 0 Å². The molecule has 0 aliphatic heterocycles. The van der Waals surface area contributed by atoms with Gasteiger partial charge in [-0.3, -0.25) is 9.98 Å². The molecule has 0 unspecified atom stereocenters. The van der Waals surface area contributed by atoms with Gasteiger partial charge in [-0.05, 0) is 24.6 Å². The Hall–Kier alpha value is -2.80. The van der Waals surface area contributed by atoms with Gasteiger partial charge in [0.2, 0.25) is 0 Å². The van der Waals surface area contributed by atoms with Crippen LogP contribution in [0.4, 0.5) is 5.82 Å². The van der Waals surface area contributed by atoms with E-state index in [0.717, 1.165) is 21.7 Å². The van der Waals surface area contributed by atoms with Gasteiger partial charge in [0.05, 0.1) is 6.61 Å². The van der Waals surface area contributed by atoms with E-state index in [9.17, 15) is 5.11 Å². The van der Waals surface area contributed by atoms with Crippen molar-refractivity contribution in [3.8, 4) is 22.6 Å². The topological polar surface area (TPSA) is 93.1 Å². The normalized spacial score (nSPS) is 11.4. The zero-order chi connectivity index (χ0) is 19.8. The number of hydrogen-bond donors (Lipinski definition) is 2. The van der Waals surface area contributed by atoms with Crippen molar-refractivity contribution in [2.45, 2.75) is 11.9 Å². The van der Waals surface area contributed by atoms with Gasteiger partial charge in [0.15, 0.2) is 11.5 Å². The van der Waals surface area contributed by atoms with Gasteiger partial charge >= 0.3 is 0 Å². The Morgan fingerprint density at radius 3 is 2.59 bits per heavy atom. The quantitative estimate of drug-likeness (QED) is 0.410. The van der Waals surface area contributed by atoms with Crippen LogP contribution in [0.3, 0.4) is 0 Å². The lowest BCUT2D eigenvalue weighted by Crippen LogP contribution is -2.07. The molecule has 0 saturated heterocycles. The fraction of sp³-hybridized carbons (Fsp3) is 0.250. The number of nitrogens with two attached hydrogens (primary N) is 1. The molecule has 27 heavy (non-hydrogen) atoms. The van der Waals surface area contributed by atoms with Gasteiger partial charge in [-0.15, -0.1) is 18.3 Å². The number of nitrogens with zero attached hydrogens (tertiary/aromatic N) is 3. The number of aromatic nitrogens is 1. The fourth-order valence-electron chi connectivity index (χ4n) is 2.62. The molecule has 0 saturated carbocycles. The van der Waals surface area contributed by atoms with Crippen LogP contribution in [0.2, 0.25) is 0 Å². The molecule has 0 radical (unpaired) electrons. The third kappa shape index (κ3) is 4.68. The zero-order valence-electron chi connectivity index (χ0n) is 15.8. The third-order valence-corrected chi connectivity index (χ3v) is 4.66. The first-order valence-corrected chi connectivity index (χ1v) is 9.43. The highest BCUT2D eigenvalue weighted by Gasteiger charge is 2.19. The molecular weight excluding hydrogens is 360 g/mol. The van der Waals surface area contributed by atoms with Crippen molar-refractivity contribution in [3.63, 3.8) is 0 Å². The standard InChI is InChI=1S/C20H24N4O2S/c1-5-9-27-20-15(12-23-4)18(14(11-22-3)19(21)24-20)13-7-8-16(25)17(10-13)26-6-2/h5,7-8,10-12,25H,1,6,9H2,2-4H3,(H2,21,24). The second-order valence-corrected chi connectivity index (χ2v) is 6.50. The molecule has 1 aromatic heterocycles. The minimum atomic E-state index is 0.0836. The molecule has 7 heteroatoms. The molecule has 0 fully saturated rings. The third-order valence-electron chi connectivity index (χ3n) is 3.67. The summed E-state index contributed by atoms with van der Waals surface area (Å²) in [5.41, 5.74) is 9.44. The second-order valence-electron chi connectivity index (χ2n) is 5.49. The number of aliphatic imine (C=N–C) groups is 2. The van der Waals surface area contributed by atoms with Gasteiger partial charge in [-0.2, -0.15) is 0 Å². The monoisotopic (exact) mass is 384 g/mol. The lowest BCUT2D eigenvalue weighted by atomic mass is 9.96. The minimum Gasteiger partial charge on any atom is -0.504 e. The Balaban J connectivity index is 2.83. The van der Waals surface area contributed by atoms with Crippen LogP contribution in [0.1, 0.15) is 18.1 Å². The minimum absolute atomic E-state index is 0.0836. The SMILES string of the molecule is C=CCSc1nc(N)c(C=NC)c(-c2ccc(O)c(OCC)c2)c1C=NC. The van der Waals surface area contributed by atoms with Crippen LogP contribution >= 0.6 is 11.8 Å². The largest absolute Gasteiger partial charge is 0.504 e. The molecule has 2 rings (SSSR count). The number of anilines is 1. The molecule has 0 aliphatic rings. The van der Waals surface area contributed by atoms with Crippen molar-refractivity contribution in [2.75, 3.05) is 32.2 Å². The van der Waals surface area contributed by atoms with Crippen molar-refractivity contribution in [3.05, 3.63) is 42.0 Å². The average Bonchev–Trinajstić information content (AvgIpc) is 2.65. The molecule has 0 atom stereocenters. The highest BCUT2D eigenvalue weighted by molar-refractivity contribution is 7.99. The van der Waals surface area contributed by atoms with Crippen LogP contribution in [0.25, 0.3) is 11.1 Å². The van der Waals surface area contributed by atoms with Gasteiger partial charge in [0.1, 0.15) is 10.8 Å². The Bertz CT molecular complexity index is 879. The molecular formula is C20H24N4O2S. The van der Waals surface area contributed by atoms with Gasteiger partial charge in [0.25, 0.3) is 0 Å². The van der Waals surface area contributed by atoms with E-state index in [0.29, 0.717) is 29.5 Å². The molecule has 1 heterocycles. The maximum atomic E-state index is 10.1. The molecule has 6 nitrogen and oxygen atoms in total. The molecule has 1 aromatic carbocycles. The molecule has 2 aromatic rings. The Morgan fingerprint density at radius 2 is 1.96 bits per heavy atom. The van der Waals surface area contributed by atoms with Crippen LogP contribution in [0, 0.1) is 0 Å². The number of phenolic OH excluding ortho intramolecular Hbond substituents is 1. The van der Waals surface area contributed by atoms with Gasteiger partial charge in [0, 0.05) is 49.0 Å². The number of pyridine rings is 1. The van der Waals surface area contributed by atoms with Gasteiger partial charge in [-0.25, -0.2) is 4.98 Å². The van der Waals surface area contributed by atoms with Gasteiger partial charge < -0.3 is 15.6 Å². The summed E-state index contributed by atoms with van der Waals surface area (Å²) in [4.78, 5) is 12.9. The molecule has 3 N–H and O–H groups in total. The van der Waals surface area contributed by atoms with Crippen molar-refractivity contribution in [2.24, 2.45) is 9.98 Å². The van der Waals surface area contributed by atoms with E-state index in [2.05, 4.69) is 21.5 Å². The summed E-state index contributed by atoms with van der Waals surface area (Å²) in [5, 5.41) is 10.8. The number of benzene rings is 1. The number of hydrogen-bond acceptors (Lipinski definition) is 7. The van der Waals surface area contributed by atoms with Crippen LogP contribution in [0.5, 0.6) is 11.5 Å². The summed E-state index contributed by atoms with van der Waals surface area (Å²) in [5.74, 6) is 1.56. The number of aromatic hydroxyl groups is 1. The lowest BCUT2D eigenvalue weighted by Gasteiger charge is -2.17. The Labute approximate surface area is 163 Å². The average molecular weight is 385 g/mol. The molecule has 0 bridgehead atoms. The van der Waals surface area contributed by atoms with E-state index in [1.165, 1.54) is 11.8 Å². The predicted molar refractivity (Wildman–Crippen MR) is 115 cm³/mol. The van der Waals surface area contributed by atoms with Crippen LogP contribution in [0.15, 0.2) is 45.9 Å². The maximum Gasteiger partial charge on any atom is 0.161 e. The Kier molecular flexibility index (Phi) is 7.43. The maximum absolute atomic E-state index is 10.1. The first kappa shape index (κ1) is 20.5. The molecule has 142 valence electrons. The van der Waals surface area contributed by atoms with E-state index in [1.54, 1.807) is 38.7 Å². The van der Waals surface area contributed by atoms with E-state index in [-0.39, 0.29) is 5.75 Å². The molecule has 0 aliphatic carbocycles. The van der Waals surface area contributed by atoms with Crippen LogP contribution in [-0.2, 0) is 0 Å². The Morgan fingerprint density at radius 1 is 1.26 bits per heavy atom. The summed E-state index contributed by atoms with van der Waals surface area (Å²) >= 11 is 1.53. The van der Waals surface area contributed by atoms with E-state index in [1.807, 2.05) is 19.1 Å².